The second-order valence-corrected chi connectivity index (χ2v) is 6.12. The van der Waals surface area contributed by atoms with Crippen LogP contribution in [-0.2, 0) is 11.2 Å². The Morgan fingerprint density at radius 2 is 1.96 bits per heavy atom. The molecule has 4 N–H and O–H groups in total. The summed E-state index contributed by atoms with van der Waals surface area (Å²) >= 11 is 0. The first kappa shape index (κ1) is 18.8. The number of nitrogens with two attached hydrogens (primary N) is 1. The highest BCUT2D eigenvalue weighted by Gasteiger charge is 2.10. The van der Waals surface area contributed by atoms with Crippen LogP contribution in [-0.4, -0.2) is 32.2 Å². The number of ether oxygens (including phenoxy) is 1. The SMILES string of the molecule is COCCNC(=O)c1ccc(N[C@H](C)CCc2ccccc2)c(N)c1. The highest BCUT2D eigenvalue weighted by atomic mass is 16.5. The molecule has 0 bridgehead atoms. The topological polar surface area (TPSA) is 76.4 Å². The lowest BCUT2D eigenvalue weighted by atomic mass is 10.1. The smallest absolute Gasteiger partial charge is 0.251 e. The molecule has 134 valence electrons. The fourth-order valence-electron chi connectivity index (χ4n) is 2.57. The van der Waals surface area contributed by atoms with Crippen molar-refractivity contribution in [1.29, 1.82) is 0 Å². The van der Waals surface area contributed by atoms with Gasteiger partial charge >= 0.3 is 0 Å². The van der Waals surface area contributed by atoms with Crippen molar-refractivity contribution < 1.29 is 9.53 Å². The lowest BCUT2D eigenvalue weighted by molar-refractivity contribution is 0.0937. The van der Waals surface area contributed by atoms with Crippen LogP contribution in [0.3, 0.4) is 0 Å². The Morgan fingerprint density at radius 3 is 2.64 bits per heavy atom. The van der Waals surface area contributed by atoms with Gasteiger partial charge in [-0.2, -0.15) is 0 Å². The van der Waals surface area contributed by atoms with Gasteiger partial charge in [-0.3, -0.25) is 4.79 Å². The molecule has 0 aliphatic rings. The summed E-state index contributed by atoms with van der Waals surface area (Å²) in [6.45, 7) is 3.10. The summed E-state index contributed by atoms with van der Waals surface area (Å²) in [6.07, 6.45) is 2.01. The van der Waals surface area contributed by atoms with Crippen LogP contribution in [0, 0.1) is 0 Å². The Hall–Kier alpha value is -2.53. The molecule has 0 saturated carbocycles. The summed E-state index contributed by atoms with van der Waals surface area (Å²) in [5, 5.41) is 6.21. The predicted molar refractivity (Wildman–Crippen MR) is 103 cm³/mol. The van der Waals surface area contributed by atoms with Crippen molar-refractivity contribution in [2.45, 2.75) is 25.8 Å². The number of rotatable bonds is 9. The molecule has 0 aliphatic carbocycles. The van der Waals surface area contributed by atoms with Gasteiger partial charge in [-0.15, -0.1) is 0 Å². The highest BCUT2D eigenvalue weighted by Crippen LogP contribution is 2.21. The Kier molecular flexibility index (Phi) is 7.29. The van der Waals surface area contributed by atoms with Gasteiger partial charge in [0.25, 0.3) is 5.91 Å². The van der Waals surface area contributed by atoms with Crippen molar-refractivity contribution in [3.8, 4) is 0 Å². The second kappa shape index (κ2) is 9.69. The molecule has 0 fully saturated rings. The van der Waals surface area contributed by atoms with E-state index in [9.17, 15) is 4.79 Å². The van der Waals surface area contributed by atoms with E-state index in [1.165, 1.54) is 5.56 Å². The minimum atomic E-state index is -0.146. The third-order valence-corrected chi connectivity index (χ3v) is 4.02. The van der Waals surface area contributed by atoms with Crippen LogP contribution in [0.25, 0.3) is 0 Å². The van der Waals surface area contributed by atoms with Crippen LogP contribution < -0.4 is 16.4 Å². The molecule has 2 rings (SSSR count). The first-order valence-corrected chi connectivity index (χ1v) is 8.57. The molecule has 2 aromatic carbocycles. The first-order valence-electron chi connectivity index (χ1n) is 8.57. The Morgan fingerprint density at radius 1 is 1.20 bits per heavy atom. The summed E-state index contributed by atoms with van der Waals surface area (Å²) in [7, 11) is 1.60. The molecule has 0 heterocycles. The van der Waals surface area contributed by atoms with E-state index in [2.05, 4.69) is 41.8 Å². The van der Waals surface area contributed by atoms with E-state index in [1.54, 1.807) is 19.2 Å². The Bertz CT molecular complexity index is 674. The van der Waals surface area contributed by atoms with Crippen molar-refractivity contribution in [3.63, 3.8) is 0 Å². The highest BCUT2D eigenvalue weighted by molar-refractivity contribution is 5.96. The molecule has 5 nitrogen and oxygen atoms in total. The van der Waals surface area contributed by atoms with E-state index in [4.69, 9.17) is 10.5 Å². The molecule has 0 saturated heterocycles. The number of carbonyl (C=O) groups excluding carboxylic acids is 1. The molecule has 0 aliphatic heterocycles. The van der Waals surface area contributed by atoms with E-state index < -0.39 is 0 Å². The van der Waals surface area contributed by atoms with Crippen LogP contribution in [0.4, 0.5) is 11.4 Å². The number of nitrogen functional groups attached to an aromatic ring is 1. The van der Waals surface area contributed by atoms with E-state index in [-0.39, 0.29) is 11.9 Å². The zero-order valence-corrected chi connectivity index (χ0v) is 14.9. The van der Waals surface area contributed by atoms with Crippen LogP contribution in [0.1, 0.15) is 29.3 Å². The maximum atomic E-state index is 12.0. The van der Waals surface area contributed by atoms with Gasteiger partial charge in [-0.1, -0.05) is 30.3 Å². The molecular weight excluding hydrogens is 314 g/mol. The van der Waals surface area contributed by atoms with Gasteiger partial charge in [0.2, 0.25) is 0 Å². The maximum Gasteiger partial charge on any atom is 0.251 e. The van der Waals surface area contributed by atoms with Crippen LogP contribution in [0.5, 0.6) is 0 Å². The van der Waals surface area contributed by atoms with E-state index in [0.29, 0.717) is 24.4 Å². The molecule has 25 heavy (non-hydrogen) atoms. The Labute approximate surface area is 149 Å². The molecule has 1 atom stereocenters. The first-order chi connectivity index (χ1) is 12.1. The van der Waals surface area contributed by atoms with Crippen molar-refractivity contribution in [2.24, 2.45) is 0 Å². The molecule has 0 radical (unpaired) electrons. The summed E-state index contributed by atoms with van der Waals surface area (Å²) < 4.78 is 4.92. The molecule has 5 heteroatoms. The average Bonchev–Trinajstić information content (AvgIpc) is 2.62. The lowest BCUT2D eigenvalue weighted by Gasteiger charge is -2.17. The van der Waals surface area contributed by atoms with Crippen molar-refractivity contribution in [2.75, 3.05) is 31.3 Å². The Balaban J connectivity index is 1.88. The van der Waals surface area contributed by atoms with Gasteiger partial charge in [0, 0.05) is 25.3 Å². The predicted octanol–water partition coefficient (Wildman–Crippen LogP) is 3.08. The number of carbonyl (C=O) groups is 1. The van der Waals surface area contributed by atoms with Gasteiger partial charge < -0.3 is 21.1 Å². The second-order valence-electron chi connectivity index (χ2n) is 6.12. The van der Waals surface area contributed by atoms with Crippen LogP contribution >= 0.6 is 0 Å². The quantitative estimate of drug-likeness (QED) is 0.484. The monoisotopic (exact) mass is 341 g/mol. The normalized spacial score (nSPS) is 11.8. The molecule has 0 aromatic heterocycles. The summed E-state index contributed by atoms with van der Waals surface area (Å²) in [5.41, 5.74) is 9.41. The summed E-state index contributed by atoms with van der Waals surface area (Å²) in [4.78, 5) is 12.0. The van der Waals surface area contributed by atoms with Gasteiger partial charge in [-0.25, -0.2) is 0 Å². The standard InChI is InChI=1S/C20H27N3O2/c1-15(8-9-16-6-4-3-5-7-16)23-19-11-10-17(14-18(19)21)20(24)22-12-13-25-2/h3-7,10-11,14-15,23H,8-9,12-13,21H2,1-2H3,(H,22,24)/t15-/m1/s1. The lowest BCUT2D eigenvalue weighted by Crippen LogP contribution is -2.27. The van der Waals surface area contributed by atoms with Gasteiger partial charge in [0.15, 0.2) is 0 Å². The minimum absolute atomic E-state index is 0.146. The number of amides is 1. The van der Waals surface area contributed by atoms with Gasteiger partial charge in [-0.05, 0) is 43.5 Å². The van der Waals surface area contributed by atoms with E-state index in [0.717, 1.165) is 18.5 Å². The van der Waals surface area contributed by atoms with E-state index in [1.807, 2.05) is 12.1 Å². The number of hydrogen-bond donors (Lipinski definition) is 3. The molecular formula is C20H27N3O2. The molecule has 0 spiro atoms. The number of methoxy groups -OCH3 is 1. The maximum absolute atomic E-state index is 12.0. The van der Waals surface area contributed by atoms with Crippen molar-refractivity contribution in [1.82, 2.24) is 5.32 Å². The van der Waals surface area contributed by atoms with Crippen LogP contribution in [0.2, 0.25) is 0 Å². The fraction of sp³-hybridized carbons (Fsp3) is 0.350. The minimum Gasteiger partial charge on any atom is -0.397 e. The van der Waals surface area contributed by atoms with Crippen molar-refractivity contribution in [3.05, 3.63) is 59.7 Å². The largest absolute Gasteiger partial charge is 0.397 e. The van der Waals surface area contributed by atoms with Crippen LogP contribution in [0.15, 0.2) is 48.5 Å². The number of aryl methyl sites for hydroxylation is 1. The molecule has 2 aromatic rings. The third kappa shape index (κ3) is 6.12. The zero-order valence-electron chi connectivity index (χ0n) is 14.9. The zero-order chi connectivity index (χ0) is 18.1. The summed E-state index contributed by atoms with van der Waals surface area (Å²) in [5.74, 6) is -0.146. The number of hydrogen-bond acceptors (Lipinski definition) is 4. The molecule has 0 unspecified atom stereocenters. The third-order valence-electron chi connectivity index (χ3n) is 4.02. The van der Waals surface area contributed by atoms with Crippen molar-refractivity contribution >= 4 is 17.3 Å². The fourth-order valence-corrected chi connectivity index (χ4v) is 2.57. The molecule has 1 amide bonds. The summed E-state index contributed by atoms with van der Waals surface area (Å²) in [6, 6.07) is 16.0. The average molecular weight is 341 g/mol. The number of benzene rings is 2. The van der Waals surface area contributed by atoms with Gasteiger partial charge in [0.1, 0.15) is 0 Å². The van der Waals surface area contributed by atoms with E-state index >= 15 is 0 Å². The number of nitrogens with one attached hydrogen (secondary N) is 2. The van der Waals surface area contributed by atoms with Gasteiger partial charge in [0.05, 0.1) is 18.0 Å². The number of anilines is 2.